The van der Waals surface area contributed by atoms with Crippen LogP contribution in [0.25, 0.3) is 67.2 Å². The predicted octanol–water partition coefficient (Wildman–Crippen LogP) is 6.23. The normalized spacial score (nSPS) is 14.2. The maximum absolute atomic E-state index is 2.45. The highest BCUT2D eigenvalue weighted by Crippen LogP contribution is 2.37. The topological polar surface area (TPSA) is 22.6 Å². The fourth-order valence-electron chi connectivity index (χ4n) is 7.24. The number of aromatic nitrogens is 5. The van der Waals surface area contributed by atoms with Gasteiger partial charge in [-0.2, -0.15) is 0 Å². The van der Waals surface area contributed by atoms with Gasteiger partial charge in [0.2, 0.25) is 0 Å². The van der Waals surface area contributed by atoms with E-state index in [9.17, 15) is 0 Å². The summed E-state index contributed by atoms with van der Waals surface area (Å²) < 4.78 is 12.0. The molecule has 9 rings (SSSR count). The van der Waals surface area contributed by atoms with E-state index in [1.54, 1.807) is 0 Å². The quantitative estimate of drug-likeness (QED) is 0.236. The lowest BCUT2D eigenvalue weighted by Gasteiger charge is -2.20. The van der Waals surface area contributed by atoms with E-state index in [-0.39, 0.29) is 0 Å². The minimum Gasteiger partial charge on any atom is -0.327 e. The van der Waals surface area contributed by atoms with Crippen LogP contribution in [0.2, 0.25) is 0 Å². The number of hydrogen-bond donors (Lipinski definition) is 0. The zero-order valence-corrected chi connectivity index (χ0v) is 22.0. The molecule has 8 aromatic rings. The zero-order chi connectivity index (χ0) is 25.8. The molecule has 1 aromatic carbocycles. The van der Waals surface area contributed by atoms with E-state index in [0.717, 1.165) is 13.0 Å². The number of nitrogens with zero attached hydrogens (tertiary/aromatic N) is 5. The molecule has 0 unspecified atom stereocenters. The van der Waals surface area contributed by atoms with E-state index in [4.69, 9.17) is 0 Å². The number of aryl methyl sites for hydroxylation is 1. The molecule has 5 heteroatoms. The summed E-state index contributed by atoms with van der Waals surface area (Å²) in [5, 5.41) is 6.42. The molecule has 0 radical (unpaired) electrons. The zero-order valence-electron chi connectivity index (χ0n) is 22.0. The standard InChI is InChI=1S/C34H27N5/c1-3-25-30-32-29(24-13-6-5-11-22(24)21-23-12-7-17-36(23)32)33-31(34(30)38-19-9-15-27(38)35(25)4-2)26-14-8-18-37(26)28-16-10-20-39(28)33/h3,5-10,12-21H,4,11H2,1-2H3/b25-3-. The summed E-state index contributed by atoms with van der Waals surface area (Å²) in [6.45, 7) is 5.31. The number of rotatable bonds is 1. The van der Waals surface area contributed by atoms with Gasteiger partial charge in [-0.25, -0.2) is 0 Å². The van der Waals surface area contributed by atoms with Gasteiger partial charge in [0.15, 0.2) is 0 Å². The first kappa shape index (κ1) is 21.1. The maximum atomic E-state index is 2.45. The third-order valence-electron chi connectivity index (χ3n) is 8.72. The molecule has 39 heavy (non-hydrogen) atoms. The van der Waals surface area contributed by atoms with Gasteiger partial charge in [0.05, 0.1) is 22.1 Å². The summed E-state index contributed by atoms with van der Waals surface area (Å²) in [6.07, 6.45) is 18.9. The Kier molecular flexibility index (Phi) is 3.97. The lowest BCUT2D eigenvalue weighted by Crippen LogP contribution is -2.24. The molecule has 188 valence electrons. The van der Waals surface area contributed by atoms with Crippen LogP contribution in [-0.2, 0) is 13.0 Å². The van der Waals surface area contributed by atoms with E-state index < -0.39 is 0 Å². The van der Waals surface area contributed by atoms with Crippen molar-refractivity contribution in [2.24, 2.45) is 0 Å². The van der Waals surface area contributed by atoms with Crippen molar-refractivity contribution in [1.29, 1.82) is 0 Å². The van der Waals surface area contributed by atoms with Gasteiger partial charge in [-0.15, -0.1) is 0 Å². The molecular formula is C34H27N5. The number of benzene rings is 1. The number of hydrogen-bond acceptors (Lipinski definition) is 0. The Labute approximate surface area is 223 Å². The summed E-state index contributed by atoms with van der Waals surface area (Å²) in [4.78, 5) is 0. The van der Waals surface area contributed by atoms with Crippen molar-refractivity contribution in [3.63, 3.8) is 0 Å². The van der Waals surface area contributed by atoms with Crippen molar-refractivity contribution in [3.8, 4) is 0 Å². The van der Waals surface area contributed by atoms with Crippen LogP contribution < -0.4 is 10.6 Å². The van der Waals surface area contributed by atoms with Gasteiger partial charge in [-0.1, -0.05) is 24.3 Å². The lowest BCUT2D eigenvalue weighted by atomic mass is 9.98. The molecule has 0 saturated carbocycles. The van der Waals surface area contributed by atoms with Gasteiger partial charge in [0, 0.05) is 58.4 Å². The maximum Gasteiger partial charge on any atom is 0.121 e. The fraction of sp³-hybridized carbons (Fsp3) is 0.118. The molecule has 0 atom stereocenters. The van der Waals surface area contributed by atoms with Crippen LogP contribution in [0, 0.1) is 0 Å². The van der Waals surface area contributed by atoms with E-state index in [1.165, 1.54) is 71.2 Å². The van der Waals surface area contributed by atoms with Crippen LogP contribution in [-0.4, -0.2) is 22.2 Å². The molecule has 0 spiro atoms. The minimum atomic E-state index is 0.889. The SMILES string of the molecule is C/C=c1/c2c3c(c4c(cc5cccn53)CC=CC=4)c3c(c4cccn4c4cccn34)c2n2cccc2n1CC. The Morgan fingerprint density at radius 2 is 1.44 bits per heavy atom. The molecule has 0 amide bonds. The second-order valence-corrected chi connectivity index (χ2v) is 10.5. The summed E-state index contributed by atoms with van der Waals surface area (Å²) in [7, 11) is 0. The average Bonchev–Trinajstić information content (AvgIpc) is 3.77. The van der Waals surface area contributed by atoms with E-state index in [2.05, 4.69) is 140 Å². The largest absolute Gasteiger partial charge is 0.327 e. The van der Waals surface area contributed by atoms with Crippen molar-refractivity contribution in [1.82, 2.24) is 22.2 Å². The van der Waals surface area contributed by atoms with Crippen LogP contribution >= 0.6 is 0 Å². The summed E-state index contributed by atoms with van der Waals surface area (Å²) in [6, 6.07) is 20.1. The first-order valence-electron chi connectivity index (χ1n) is 13.8. The Hall–Kier alpha value is -4.90. The molecule has 1 aliphatic carbocycles. The average molecular weight is 506 g/mol. The van der Waals surface area contributed by atoms with Crippen molar-refractivity contribution < 1.29 is 0 Å². The molecule has 0 bridgehead atoms. The second kappa shape index (κ2) is 7.35. The minimum absolute atomic E-state index is 0.889. The van der Waals surface area contributed by atoms with Gasteiger partial charge in [-0.05, 0) is 85.6 Å². The Morgan fingerprint density at radius 3 is 2.28 bits per heavy atom. The first-order valence-corrected chi connectivity index (χ1v) is 13.8. The van der Waals surface area contributed by atoms with Gasteiger partial charge < -0.3 is 22.2 Å². The summed E-state index contributed by atoms with van der Waals surface area (Å²) >= 11 is 0. The third-order valence-corrected chi connectivity index (χ3v) is 8.72. The monoisotopic (exact) mass is 505 g/mol. The predicted molar refractivity (Wildman–Crippen MR) is 162 cm³/mol. The lowest BCUT2D eigenvalue weighted by molar-refractivity contribution is 0.752. The van der Waals surface area contributed by atoms with Crippen LogP contribution in [0.1, 0.15) is 19.4 Å². The number of fused-ring (bicyclic) bond motifs is 17. The third kappa shape index (κ3) is 2.46. The summed E-state index contributed by atoms with van der Waals surface area (Å²) in [5.41, 5.74) is 9.93. The molecule has 7 heterocycles. The Morgan fingerprint density at radius 1 is 0.744 bits per heavy atom. The fourth-order valence-corrected chi connectivity index (χ4v) is 7.24. The number of allylic oxidation sites excluding steroid dienone is 2. The Balaban J connectivity index is 1.86. The van der Waals surface area contributed by atoms with Gasteiger partial charge in [-0.3, -0.25) is 0 Å². The molecule has 0 saturated heterocycles. The molecule has 0 N–H and O–H groups in total. The van der Waals surface area contributed by atoms with E-state index in [1.807, 2.05) is 0 Å². The van der Waals surface area contributed by atoms with Crippen molar-refractivity contribution in [2.45, 2.75) is 26.8 Å². The van der Waals surface area contributed by atoms with Crippen molar-refractivity contribution in [2.75, 3.05) is 0 Å². The van der Waals surface area contributed by atoms with Crippen molar-refractivity contribution in [3.05, 3.63) is 108 Å². The van der Waals surface area contributed by atoms with Crippen molar-refractivity contribution >= 4 is 67.2 Å². The van der Waals surface area contributed by atoms with Gasteiger partial charge in [0.1, 0.15) is 11.3 Å². The smallest absolute Gasteiger partial charge is 0.121 e. The molecular weight excluding hydrogens is 478 g/mol. The highest BCUT2D eigenvalue weighted by molar-refractivity contribution is 6.27. The van der Waals surface area contributed by atoms with E-state index in [0.29, 0.717) is 0 Å². The highest BCUT2D eigenvalue weighted by atomic mass is 15.1. The molecule has 1 aliphatic rings. The molecule has 0 fully saturated rings. The van der Waals surface area contributed by atoms with Gasteiger partial charge in [0.25, 0.3) is 0 Å². The van der Waals surface area contributed by atoms with Crippen LogP contribution in [0.5, 0.6) is 0 Å². The molecule has 7 aromatic heterocycles. The summed E-state index contributed by atoms with van der Waals surface area (Å²) in [5.74, 6) is 0. The van der Waals surface area contributed by atoms with Crippen LogP contribution in [0.3, 0.4) is 0 Å². The first-order chi connectivity index (χ1) is 19.3. The molecule has 5 nitrogen and oxygen atoms in total. The molecule has 0 aliphatic heterocycles. The Bertz CT molecular complexity index is 2520. The van der Waals surface area contributed by atoms with Gasteiger partial charge >= 0.3 is 0 Å². The van der Waals surface area contributed by atoms with E-state index >= 15 is 0 Å². The van der Waals surface area contributed by atoms with Crippen LogP contribution in [0.4, 0.5) is 0 Å². The second-order valence-electron chi connectivity index (χ2n) is 10.5. The highest BCUT2D eigenvalue weighted by Gasteiger charge is 2.22. The van der Waals surface area contributed by atoms with Crippen LogP contribution in [0.15, 0.2) is 91.5 Å².